The molecular formula is C12H16FN5. The summed E-state index contributed by atoms with van der Waals surface area (Å²) in [6.07, 6.45) is 0. The van der Waals surface area contributed by atoms with E-state index in [1.54, 1.807) is 16.8 Å². The van der Waals surface area contributed by atoms with Crippen LogP contribution in [0.25, 0.3) is 11.4 Å². The SMILES string of the molecule is CC(C)(C)Cn1nnnc1-c1ccc(F)c(N)c1. The number of halogens is 1. The lowest BCUT2D eigenvalue weighted by Gasteiger charge is -2.18. The highest BCUT2D eigenvalue weighted by atomic mass is 19.1. The Kier molecular flexibility index (Phi) is 3.02. The lowest BCUT2D eigenvalue weighted by atomic mass is 9.97. The first-order chi connectivity index (χ1) is 8.37. The molecule has 0 unspecified atom stereocenters. The second kappa shape index (κ2) is 4.36. The molecule has 1 aromatic carbocycles. The lowest BCUT2D eigenvalue weighted by molar-refractivity contribution is 0.323. The van der Waals surface area contributed by atoms with Gasteiger partial charge < -0.3 is 5.73 Å². The molecule has 1 aromatic heterocycles. The van der Waals surface area contributed by atoms with E-state index in [0.717, 1.165) is 0 Å². The smallest absolute Gasteiger partial charge is 0.182 e. The predicted molar refractivity (Wildman–Crippen MR) is 67.1 cm³/mol. The number of tetrazole rings is 1. The van der Waals surface area contributed by atoms with E-state index in [4.69, 9.17) is 5.73 Å². The highest BCUT2D eigenvalue weighted by molar-refractivity contribution is 5.61. The summed E-state index contributed by atoms with van der Waals surface area (Å²) in [7, 11) is 0. The van der Waals surface area contributed by atoms with Crippen molar-refractivity contribution in [1.82, 2.24) is 20.2 Å². The number of rotatable bonds is 2. The molecule has 18 heavy (non-hydrogen) atoms. The van der Waals surface area contributed by atoms with Crippen LogP contribution in [0.1, 0.15) is 20.8 Å². The van der Waals surface area contributed by atoms with Crippen LogP contribution in [0, 0.1) is 11.2 Å². The zero-order chi connectivity index (χ0) is 13.3. The molecule has 0 saturated heterocycles. The van der Waals surface area contributed by atoms with Gasteiger partial charge in [-0.1, -0.05) is 20.8 Å². The van der Waals surface area contributed by atoms with Crippen molar-refractivity contribution in [2.45, 2.75) is 27.3 Å². The zero-order valence-corrected chi connectivity index (χ0v) is 10.7. The topological polar surface area (TPSA) is 69.6 Å². The van der Waals surface area contributed by atoms with Crippen molar-refractivity contribution in [3.8, 4) is 11.4 Å². The van der Waals surface area contributed by atoms with E-state index in [0.29, 0.717) is 17.9 Å². The van der Waals surface area contributed by atoms with Crippen LogP contribution in [0.3, 0.4) is 0 Å². The highest BCUT2D eigenvalue weighted by Crippen LogP contribution is 2.23. The maximum atomic E-state index is 13.1. The van der Waals surface area contributed by atoms with E-state index in [9.17, 15) is 4.39 Å². The minimum atomic E-state index is -0.436. The number of anilines is 1. The van der Waals surface area contributed by atoms with Crippen molar-refractivity contribution >= 4 is 5.69 Å². The Hall–Kier alpha value is -1.98. The Morgan fingerprint density at radius 1 is 1.33 bits per heavy atom. The van der Waals surface area contributed by atoms with E-state index in [-0.39, 0.29) is 11.1 Å². The monoisotopic (exact) mass is 249 g/mol. The van der Waals surface area contributed by atoms with Crippen molar-refractivity contribution in [3.63, 3.8) is 0 Å². The summed E-state index contributed by atoms with van der Waals surface area (Å²) in [4.78, 5) is 0. The molecular weight excluding hydrogens is 233 g/mol. The number of nitrogens with two attached hydrogens (primary N) is 1. The average molecular weight is 249 g/mol. The van der Waals surface area contributed by atoms with Crippen molar-refractivity contribution in [2.75, 3.05) is 5.73 Å². The van der Waals surface area contributed by atoms with Crippen LogP contribution >= 0.6 is 0 Å². The Morgan fingerprint density at radius 2 is 2.06 bits per heavy atom. The first-order valence-corrected chi connectivity index (χ1v) is 5.68. The third-order valence-corrected chi connectivity index (χ3v) is 2.41. The number of hydrogen-bond acceptors (Lipinski definition) is 4. The second-order valence-corrected chi connectivity index (χ2v) is 5.46. The highest BCUT2D eigenvalue weighted by Gasteiger charge is 2.17. The molecule has 6 heteroatoms. The maximum absolute atomic E-state index is 13.1. The van der Waals surface area contributed by atoms with Crippen LogP contribution in [0.4, 0.5) is 10.1 Å². The van der Waals surface area contributed by atoms with E-state index >= 15 is 0 Å². The first kappa shape index (κ1) is 12.5. The molecule has 0 saturated carbocycles. The minimum Gasteiger partial charge on any atom is -0.396 e. The molecule has 1 heterocycles. The van der Waals surface area contributed by atoms with E-state index < -0.39 is 5.82 Å². The van der Waals surface area contributed by atoms with E-state index in [2.05, 4.69) is 36.3 Å². The molecule has 2 aromatic rings. The van der Waals surface area contributed by atoms with E-state index in [1.165, 1.54) is 6.07 Å². The molecule has 0 atom stereocenters. The average Bonchev–Trinajstić information content (AvgIpc) is 2.67. The molecule has 0 radical (unpaired) electrons. The predicted octanol–water partition coefficient (Wildman–Crippen LogP) is 2.11. The fourth-order valence-corrected chi connectivity index (χ4v) is 1.65. The first-order valence-electron chi connectivity index (χ1n) is 5.68. The molecule has 0 spiro atoms. The van der Waals surface area contributed by atoms with Gasteiger partial charge in [0.2, 0.25) is 0 Å². The third-order valence-electron chi connectivity index (χ3n) is 2.41. The summed E-state index contributed by atoms with van der Waals surface area (Å²) in [6, 6.07) is 4.48. The van der Waals surface area contributed by atoms with E-state index in [1.807, 2.05) is 0 Å². The van der Waals surface area contributed by atoms with Crippen LogP contribution in [0.5, 0.6) is 0 Å². The van der Waals surface area contributed by atoms with Gasteiger partial charge in [-0.05, 0) is 34.0 Å². The number of nitrogen functional groups attached to an aromatic ring is 1. The molecule has 0 aliphatic heterocycles. The molecule has 0 fully saturated rings. The van der Waals surface area contributed by atoms with Crippen molar-refractivity contribution < 1.29 is 4.39 Å². The summed E-state index contributed by atoms with van der Waals surface area (Å²) in [5.41, 5.74) is 6.41. The molecule has 2 N–H and O–H groups in total. The van der Waals surface area contributed by atoms with Crippen LogP contribution in [0.15, 0.2) is 18.2 Å². The number of hydrogen-bond donors (Lipinski definition) is 1. The fraction of sp³-hybridized carbons (Fsp3) is 0.417. The van der Waals surface area contributed by atoms with Gasteiger partial charge in [0.15, 0.2) is 5.82 Å². The van der Waals surface area contributed by atoms with Gasteiger partial charge >= 0.3 is 0 Å². The lowest BCUT2D eigenvalue weighted by Crippen LogP contribution is -2.17. The maximum Gasteiger partial charge on any atom is 0.182 e. The Labute approximate surface area is 105 Å². The Bertz CT molecular complexity index is 556. The normalized spacial score (nSPS) is 11.8. The largest absolute Gasteiger partial charge is 0.396 e. The Balaban J connectivity index is 2.39. The van der Waals surface area contributed by atoms with Gasteiger partial charge in [-0.15, -0.1) is 5.10 Å². The van der Waals surface area contributed by atoms with Gasteiger partial charge in [0, 0.05) is 12.1 Å². The molecule has 5 nitrogen and oxygen atoms in total. The van der Waals surface area contributed by atoms with Crippen molar-refractivity contribution in [1.29, 1.82) is 0 Å². The van der Waals surface area contributed by atoms with Crippen LogP contribution in [-0.4, -0.2) is 20.2 Å². The fourth-order valence-electron chi connectivity index (χ4n) is 1.65. The molecule has 0 aliphatic carbocycles. The molecule has 2 rings (SSSR count). The number of benzene rings is 1. The number of aromatic nitrogens is 4. The van der Waals surface area contributed by atoms with Crippen LogP contribution < -0.4 is 5.73 Å². The van der Waals surface area contributed by atoms with Crippen LogP contribution in [-0.2, 0) is 6.54 Å². The minimum absolute atomic E-state index is 0.0513. The summed E-state index contributed by atoms with van der Waals surface area (Å²) in [5.74, 6) is 0.158. The summed E-state index contributed by atoms with van der Waals surface area (Å²) >= 11 is 0. The van der Waals surface area contributed by atoms with Gasteiger partial charge in [0.25, 0.3) is 0 Å². The third kappa shape index (κ3) is 2.64. The van der Waals surface area contributed by atoms with Gasteiger partial charge in [-0.3, -0.25) is 0 Å². The standard InChI is InChI=1S/C12H16FN5/c1-12(2,3)7-18-11(15-16-17-18)8-4-5-9(13)10(14)6-8/h4-6H,7,14H2,1-3H3. The van der Waals surface area contributed by atoms with Gasteiger partial charge in [0.1, 0.15) is 5.82 Å². The van der Waals surface area contributed by atoms with Crippen LogP contribution in [0.2, 0.25) is 0 Å². The second-order valence-electron chi connectivity index (χ2n) is 5.46. The Morgan fingerprint density at radius 3 is 2.67 bits per heavy atom. The molecule has 0 amide bonds. The van der Waals surface area contributed by atoms with Gasteiger partial charge in [0.05, 0.1) is 5.69 Å². The van der Waals surface area contributed by atoms with Gasteiger partial charge in [-0.2, -0.15) is 0 Å². The van der Waals surface area contributed by atoms with Crippen molar-refractivity contribution in [3.05, 3.63) is 24.0 Å². The van der Waals surface area contributed by atoms with Crippen molar-refractivity contribution in [2.24, 2.45) is 5.41 Å². The quantitative estimate of drug-likeness (QED) is 0.827. The summed E-state index contributed by atoms with van der Waals surface area (Å²) in [5, 5.41) is 11.6. The zero-order valence-electron chi connectivity index (χ0n) is 10.7. The molecule has 96 valence electrons. The van der Waals surface area contributed by atoms with Gasteiger partial charge in [-0.25, -0.2) is 9.07 Å². The number of nitrogens with zero attached hydrogens (tertiary/aromatic N) is 4. The molecule has 0 bridgehead atoms. The summed E-state index contributed by atoms with van der Waals surface area (Å²) in [6.45, 7) is 6.96. The summed E-state index contributed by atoms with van der Waals surface area (Å²) < 4.78 is 14.8. The molecule has 0 aliphatic rings.